The number of hydrogen-bond donors (Lipinski definition) is 0. The van der Waals surface area contributed by atoms with E-state index in [0.29, 0.717) is 35.5 Å². The molecule has 2 rings (SSSR count). The number of nitrogens with zero attached hydrogens (tertiary/aromatic N) is 1. The van der Waals surface area contributed by atoms with Crippen molar-refractivity contribution in [3.8, 4) is 5.75 Å². The number of carbonyl (C=O) groups excluding carboxylic acids is 2. The first kappa shape index (κ1) is 19.2. The van der Waals surface area contributed by atoms with E-state index in [1.54, 1.807) is 42.5 Å². The van der Waals surface area contributed by atoms with Crippen molar-refractivity contribution >= 4 is 17.6 Å². The maximum absolute atomic E-state index is 12.9. The summed E-state index contributed by atoms with van der Waals surface area (Å²) in [5.41, 5.74) is 1.37. The summed E-state index contributed by atoms with van der Waals surface area (Å²) in [4.78, 5) is 26.6. The van der Waals surface area contributed by atoms with E-state index < -0.39 is 6.09 Å². The molecule has 0 radical (unpaired) electrons. The molecule has 2 aromatic rings. The minimum absolute atomic E-state index is 0.111. The Bertz CT molecular complexity index is 795. The topological polar surface area (TPSA) is 55.8 Å². The Morgan fingerprint density at radius 1 is 1.00 bits per heavy atom. The van der Waals surface area contributed by atoms with Crippen molar-refractivity contribution in [1.29, 1.82) is 0 Å². The van der Waals surface area contributed by atoms with E-state index in [9.17, 15) is 9.59 Å². The van der Waals surface area contributed by atoms with Gasteiger partial charge >= 0.3 is 6.09 Å². The maximum atomic E-state index is 12.9. The predicted octanol–water partition coefficient (Wildman–Crippen LogP) is 4.38. The lowest BCUT2D eigenvalue weighted by Crippen LogP contribution is -2.30. The summed E-state index contributed by atoms with van der Waals surface area (Å²) in [7, 11) is 1.53. The third-order valence-corrected chi connectivity index (χ3v) is 4.04. The van der Waals surface area contributed by atoms with Crippen molar-refractivity contribution in [1.82, 2.24) is 4.90 Å². The largest absolute Gasteiger partial charge is 0.497 e. The zero-order valence-electron chi connectivity index (χ0n) is 15.3. The summed E-state index contributed by atoms with van der Waals surface area (Å²) < 4.78 is 10.6. The van der Waals surface area contributed by atoms with Crippen LogP contribution in [0, 0.1) is 0 Å². The molecule has 136 valence electrons. The Morgan fingerprint density at radius 2 is 1.65 bits per heavy atom. The number of ether oxygens (including phenoxy) is 2. The second kappa shape index (κ2) is 8.85. The van der Waals surface area contributed by atoms with Gasteiger partial charge in [0.05, 0.1) is 7.11 Å². The van der Waals surface area contributed by atoms with E-state index in [2.05, 4.69) is 6.58 Å². The van der Waals surface area contributed by atoms with Crippen LogP contribution in [0.3, 0.4) is 0 Å². The molecule has 0 spiro atoms. The third-order valence-electron chi connectivity index (χ3n) is 4.04. The molecule has 0 atom stereocenters. The van der Waals surface area contributed by atoms with Gasteiger partial charge in [0.25, 0.3) is 0 Å². The van der Waals surface area contributed by atoms with Crippen LogP contribution < -0.4 is 4.74 Å². The van der Waals surface area contributed by atoms with Gasteiger partial charge in [-0.05, 0) is 32.0 Å². The molecule has 0 bridgehead atoms. The van der Waals surface area contributed by atoms with Gasteiger partial charge in [0, 0.05) is 29.8 Å². The monoisotopic (exact) mass is 353 g/mol. The predicted molar refractivity (Wildman–Crippen MR) is 101 cm³/mol. The Labute approximate surface area is 153 Å². The molecule has 0 heterocycles. The van der Waals surface area contributed by atoms with Crippen LogP contribution in [0.4, 0.5) is 4.79 Å². The van der Waals surface area contributed by atoms with Crippen molar-refractivity contribution in [3.05, 3.63) is 71.8 Å². The summed E-state index contributed by atoms with van der Waals surface area (Å²) in [5.74, 6) is 0.480. The number of ketones is 1. The van der Waals surface area contributed by atoms with Gasteiger partial charge in [-0.15, -0.1) is 0 Å². The van der Waals surface area contributed by atoms with Gasteiger partial charge in [-0.3, -0.25) is 4.79 Å². The average Bonchev–Trinajstić information content (AvgIpc) is 2.68. The van der Waals surface area contributed by atoms with Crippen LogP contribution in [0.5, 0.6) is 5.75 Å². The van der Waals surface area contributed by atoms with E-state index in [-0.39, 0.29) is 11.5 Å². The lowest BCUT2D eigenvalue weighted by Gasteiger charge is -2.20. The molecule has 26 heavy (non-hydrogen) atoms. The van der Waals surface area contributed by atoms with Gasteiger partial charge in [0.1, 0.15) is 11.5 Å². The molecule has 5 heteroatoms. The van der Waals surface area contributed by atoms with Crippen LogP contribution in [0.15, 0.2) is 55.1 Å². The molecule has 0 saturated carbocycles. The normalized spacial score (nSPS) is 10.1. The van der Waals surface area contributed by atoms with Crippen molar-refractivity contribution in [2.45, 2.75) is 13.8 Å². The average molecular weight is 353 g/mol. The molecular weight excluding hydrogens is 330 g/mol. The van der Waals surface area contributed by atoms with Crippen LogP contribution in [0.1, 0.15) is 35.3 Å². The van der Waals surface area contributed by atoms with Crippen molar-refractivity contribution in [3.63, 3.8) is 0 Å². The molecule has 0 aliphatic rings. The fourth-order valence-electron chi connectivity index (χ4n) is 2.53. The lowest BCUT2D eigenvalue weighted by atomic mass is 9.97. The van der Waals surface area contributed by atoms with E-state index in [1.807, 2.05) is 19.9 Å². The smallest absolute Gasteiger partial charge is 0.415 e. The third kappa shape index (κ3) is 4.30. The molecule has 0 fully saturated rings. The minimum atomic E-state index is -0.499. The Balaban J connectivity index is 2.38. The van der Waals surface area contributed by atoms with E-state index in [4.69, 9.17) is 9.47 Å². The number of amides is 1. The molecule has 1 amide bonds. The maximum Gasteiger partial charge on any atom is 0.415 e. The summed E-state index contributed by atoms with van der Waals surface area (Å²) >= 11 is 0. The summed E-state index contributed by atoms with van der Waals surface area (Å²) in [6.45, 7) is 8.63. The highest BCUT2D eigenvalue weighted by molar-refractivity contribution is 6.11. The quantitative estimate of drug-likeness (QED) is 0.548. The first-order chi connectivity index (χ1) is 12.5. The van der Waals surface area contributed by atoms with Crippen LogP contribution in [-0.4, -0.2) is 37.0 Å². The molecule has 0 aromatic heterocycles. The summed E-state index contributed by atoms with van der Waals surface area (Å²) in [5, 5.41) is 0. The van der Waals surface area contributed by atoms with Crippen molar-refractivity contribution in [2.24, 2.45) is 0 Å². The van der Waals surface area contributed by atoms with Crippen LogP contribution in [0.25, 0.3) is 5.76 Å². The summed E-state index contributed by atoms with van der Waals surface area (Å²) in [6.07, 6.45) is -0.499. The molecule has 0 aliphatic carbocycles. The van der Waals surface area contributed by atoms with Gasteiger partial charge in [0.15, 0.2) is 5.78 Å². The number of benzene rings is 2. The second-order valence-corrected chi connectivity index (χ2v) is 5.57. The standard InChI is InChI=1S/C21H23NO4/c1-5-22(6-2)21(24)26-15(3)19-14-17(25-4)12-13-18(19)20(23)16-10-8-7-9-11-16/h7-14H,3,5-6H2,1-2,4H3. The van der Waals surface area contributed by atoms with E-state index in [0.717, 1.165) is 0 Å². The number of methoxy groups -OCH3 is 1. The van der Waals surface area contributed by atoms with Gasteiger partial charge in [-0.1, -0.05) is 36.9 Å². The van der Waals surface area contributed by atoms with Crippen LogP contribution >= 0.6 is 0 Å². The van der Waals surface area contributed by atoms with Crippen molar-refractivity contribution < 1.29 is 19.1 Å². The highest BCUT2D eigenvalue weighted by Gasteiger charge is 2.20. The van der Waals surface area contributed by atoms with Gasteiger partial charge < -0.3 is 14.4 Å². The number of rotatable bonds is 7. The van der Waals surface area contributed by atoms with Gasteiger partial charge in [-0.25, -0.2) is 4.79 Å². The molecule has 0 saturated heterocycles. The lowest BCUT2D eigenvalue weighted by molar-refractivity contribution is 0.103. The molecule has 0 unspecified atom stereocenters. The van der Waals surface area contributed by atoms with Gasteiger partial charge in [0.2, 0.25) is 0 Å². The number of carbonyl (C=O) groups is 2. The Kier molecular flexibility index (Phi) is 6.55. The molecule has 0 N–H and O–H groups in total. The zero-order chi connectivity index (χ0) is 19.1. The van der Waals surface area contributed by atoms with Crippen LogP contribution in [-0.2, 0) is 4.74 Å². The number of hydrogen-bond acceptors (Lipinski definition) is 4. The van der Waals surface area contributed by atoms with E-state index >= 15 is 0 Å². The van der Waals surface area contributed by atoms with Gasteiger partial charge in [-0.2, -0.15) is 0 Å². The minimum Gasteiger partial charge on any atom is -0.497 e. The molecular formula is C21H23NO4. The van der Waals surface area contributed by atoms with E-state index in [1.165, 1.54) is 12.0 Å². The highest BCUT2D eigenvalue weighted by Crippen LogP contribution is 2.27. The fraction of sp³-hybridized carbons (Fsp3) is 0.238. The Morgan fingerprint density at radius 3 is 2.23 bits per heavy atom. The first-order valence-corrected chi connectivity index (χ1v) is 8.45. The fourth-order valence-corrected chi connectivity index (χ4v) is 2.53. The SMILES string of the molecule is C=C(OC(=O)N(CC)CC)c1cc(OC)ccc1C(=O)c1ccccc1. The van der Waals surface area contributed by atoms with Crippen LogP contribution in [0.2, 0.25) is 0 Å². The molecule has 0 aliphatic heterocycles. The first-order valence-electron chi connectivity index (χ1n) is 8.45. The van der Waals surface area contributed by atoms with Crippen molar-refractivity contribution in [2.75, 3.05) is 20.2 Å². The molecule has 2 aromatic carbocycles. The second-order valence-electron chi connectivity index (χ2n) is 5.57. The Hall–Kier alpha value is -3.08. The zero-order valence-corrected chi connectivity index (χ0v) is 15.3. The molecule has 5 nitrogen and oxygen atoms in total. The highest BCUT2D eigenvalue weighted by atomic mass is 16.6. The summed E-state index contributed by atoms with van der Waals surface area (Å²) in [6, 6.07) is 13.9.